The molecule has 48 heavy (non-hydrogen) atoms. The molecule has 0 aliphatic heterocycles. The van der Waals surface area contributed by atoms with E-state index in [1.54, 1.807) is 71.2 Å². The van der Waals surface area contributed by atoms with Crippen molar-refractivity contribution in [3.63, 3.8) is 0 Å². The lowest BCUT2D eigenvalue weighted by Gasteiger charge is -2.23. The molecular weight excluding hydrogens is 633 g/mol. The van der Waals surface area contributed by atoms with Gasteiger partial charge in [0.05, 0.1) is 11.3 Å². The number of ether oxygens (including phenoxy) is 1. The first-order valence-electron chi connectivity index (χ1n) is 15.4. The number of anilines is 1. The smallest absolute Gasteiger partial charge is 0.255 e. The maximum atomic E-state index is 13.7. The van der Waals surface area contributed by atoms with Crippen LogP contribution in [0.2, 0.25) is 0 Å². The highest BCUT2D eigenvalue weighted by molar-refractivity contribution is 7.85. The molecule has 3 N–H and O–H groups in total. The first kappa shape index (κ1) is 34.3. The number of nitrogens with zero attached hydrogens (tertiary/aromatic N) is 1. The predicted molar refractivity (Wildman–Crippen MR) is 187 cm³/mol. The maximum absolute atomic E-state index is 13.7. The fourth-order valence-electron chi connectivity index (χ4n) is 5.26. The Balaban J connectivity index is 1.62. The number of aliphatic hydroxyl groups excluding tert-OH is 1. The van der Waals surface area contributed by atoms with Crippen LogP contribution in [-0.2, 0) is 11.0 Å². The third-order valence-corrected chi connectivity index (χ3v) is 8.94. The summed E-state index contributed by atoms with van der Waals surface area (Å²) in [6, 6.07) is 23.4. The summed E-state index contributed by atoms with van der Waals surface area (Å²) in [5.74, 6) is 0.0693. The number of hydrogen-bond donors (Lipinski definition) is 3. The van der Waals surface area contributed by atoms with E-state index < -0.39 is 22.2 Å². The molecule has 0 bridgehead atoms. The molecule has 1 aromatic heterocycles. The topological polar surface area (TPSA) is 121 Å². The number of nitrogens with one attached hydrogen (secondary N) is 2. The maximum Gasteiger partial charge on any atom is 0.255 e. The molecule has 250 valence electrons. The number of rotatable bonds is 12. The molecule has 1 heterocycles. The van der Waals surface area contributed by atoms with Crippen LogP contribution < -0.4 is 19.7 Å². The van der Waals surface area contributed by atoms with Crippen LogP contribution in [0.3, 0.4) is 0 Å². The molecule has 1 atom stereocenters. The van der Waals surface area contributed by atoms with Gasteiger partial charge < -0.3 is 24.9 Å². The first-order chi connectivity index (χ1) is 22.9. The van der Waals surface area contributed by atoms with E-state index in [9.17, 15) is 23.3 Å². The van der Waals surface area contributed by atoms with E-state index in [2.05, 4.69) is 10.6 Å². The summed E-state index contributed by atoms with van der Waals surface area (Å²) < 4.78 is 40.5. The van der Waals surface area contributed by atoms with E-state index in [0.717, 1.165) is 0 Å². The lowest BCUT2D eigenvalue weighted by molar-refractivity contribution is 0.0910. The monoisotopic (exact) mass is 671 g/mol. The lowest BCUT2D eigenvalue weighted by Crippen LogP contribution is -2.36. The van der Waals surface area contributed by atoms with Crippen LogP contribution in [0.15, 0.2) is 89.3 Å². The Morgan fingerprint density at radius 2 is 1.69 bits per heavy atom. The summed E-state index contributed by atoms with van der Waals surface area (Å²) in [6.07, 6.45) is 1.58. The van der Waals surface area contributed by atoms with Crippen LogP contribution >= 0.6 is 0 Å². The Hall–Kier alpha value is -5.00. The van der Waals surface area contributed by atoms with Gasteiger partial charge in [0.1, 0.15) is 39.6 Å². The number of amides is 2. The summed E-state index contributed by atoms with van der Waals surface area (Å²) in [7, 11) is 0.133. The van der Waals surface area contributed by atoms with E-state index in [4.69, 9.17) is 9.15 Å². The second-order valence-corrected chi connectivity index (χ2v) is 13.3. The van der Waals surface area contributed by atoms with Crippen LogP contribution in [0.5, 0.6) is 11.5 Å². The van der Waals surface area contributed by atoms with E-state index >= 15 is 0 Å². The zero-order valence-corrected chi connectivity index (χ0v) is 28.2. The molecule has 11 heteroatoms. The molecule has 0 aliphatic rings. The van der Waals surface area contributed by atoms with Gasteiger partial charge in [-0.15, -0.1) is 0 Å². The minimum Gasteiger partial charge on any atom is -0.457 e. The molecule has 5 rings (SSSR count). The summed E-state index contributed by atoms with van der Waals surface area (Å²) in [4.78, 5) is 26.5. The van der Waals surface area contributed by atoms with Crippen LogP contribution in [-0.4, -0.2) is 54.1 Å². The Labute approximate surface area is 281 Å². The van der Waals surface area contributed by atoms with Gasteiger partial charge >= 0.3 is 0 Å². The molecule has 1 unspecified atom stereocenters. The largest absolute Gasteiger partial charge is 0.457 e. The van der Waals surface area contributed by atoms with Crippen LogP contribution in [0.4, 0.5) is 10.1 Å². The molecule has 0 fully saturated rings. The third kappa shape index (κ3) is 7.42. The number of aliphatic hydroxyl groups is 1. The Morgan fingerprint density at radius 3 is 2.33 bits per heavy atom. The Kier molecular flexibility index (Phi) is 10.3. The fraction of sp³-hybridized carbons (Fsp3) is 0.243. The molecule has 0 saturated carbocycles. The molecule has 9 nitrogen and oxygen atoms in total. The first-order valence-corrected chi connectivity index (χ1v) is 16.9. The number of halogens is 1. The normalized spacial score (nSPS) is 12.1. The average Bonchev–Trinajstić information content (AvgIpc) is 3.45. The summed E-state index contributed by atoms with van der Waals surface area (Å²) in [5.41, 5.74) is 3.18. The van der Waals surface area contributed by atoms with Crippen LogP contribution in [0.25, 0.3) is 33.4 Å². The van der Waals surface area contributed by atoms with Gasteiger partial charge in [0.25, 0.3) is 11.8 Å². The van der Waals surface area contributed by atoms with Crippen LogP contribution in [0.1, 0.15) is 41.5 Å². The number of carbonyl (C=O) groups is 2. The average molecular weight is 672 g/mol. The summed E-state index contributed by atoms with van der Waals surface area (Å²) in [6.45, 7) is 6.22. The van der Waals surface area contributed by atoms with E-state index in [1.807, 2.05) is 32.9 Å². The van der Waals surface area contributed by atoms with Gasteiger partial charge in [-0.05, 0) is 67.1 Å². The van der Waals surface area contributed by atoms with Crippen molar-refractivity contribution >= 4 is 39.5 Å². The minimum absolute atomic E-state index is 0.0785. The Bertz CT molecular complexity index is 1990. The van der Waals surface area contributed by atoms with Gasteiger partial charge in [0.2, 0.25) is 0 Å². The molecule has 0 saturated heterocycles. The summed E-state index contributed by atoms with van der Waals surface area (Å²) >= 11 is 0. The summed E-state index contributed by atoms with van der Waals surface area (Å²) in [5, 5.41) is 15.7. The number of fused-ring (bicyclic) bond motifs is 1. The van der Waals surface area contributed by atoms with Crippen molar-refractivity contribution in [2.45, 2.75) is 20.8 Å². The predicted octanol–water partition coefficient (Wildman–Crippen LogP) is 6.93. The van der Waals surface area contributed by atoms with Crippen molar-refractivity contribution in [1.82, 2.24) is 10.6 Å². The van der Waals surface area contributed by atoms with Gasteiger partial charge in [0, 0.05) is 72.6 Å². The van der Waals surface area contributed by atoms with Crippen molar-refractivity contribution in [3.05, 3.63) is 102 Å². The van der Waals surface area contributed by atoms with Crippen molar-refractivity contribution in [2.75, 3.05) is 37.3 Å². The van der Waals surface area contributed by atoms with E-state index in [0.29, 0.717) is 68.3 Å². The highest BCUT2D eigenvalue weighted by Crippen LogP contribution is 2.42. The second-order valence-electron chi connectivity index (χ2n) is 12.0. The quantitative estimate of drug-likeness (QED) is 0.132. The highest BCUT2D eigenvalue weighted by atomic mass is 32.2. The molecular formula is C37H38FN3O6S. The third-order valence-electron chi connectivity index (χ3n) is 7.87. The standard InChI is InChI=1S/C37H38FN3O6S/c1-6-41(48(5)45)31-20-32-30(19-29(31)24-9-7-10-25(17-24)35(43)40-21-37(2,3)22-42)33(36(44)39-4)34(47-32)23-13-15-27(16-14-23)46-28-12-8-11-26(38)18-28/h7-20,42H,6,21-22H2,1-5H3,(H,39,44)(H,40,43). The molecule has 0 spiro atoms. The molecule has 0 radical (unpaired) electrons. The fourth-order valence-corrected chi connectivity index (χ4v) is 6.05. The van der Waals surface area contributed by atoms with Gasteiger partial charge in [-0.25, -0.2) is 8.60 Å². The van der Waals surface area contributed by atoms with Crippen molar-refractivity contribution < 1.29 is 32.4 Å². The van der Waals surface area contributed by atoms with Gasteiger partial charge in [-0.2, -0.15) is 0 Å². The minimum atomic E-state index is -1.40. The zero-order chi connectivity index (χ0) is 34.6. The molecule has 5 aromatic rings. The molecule has 4 aromatic carbocycles. The number of furan rings is 1. The molecule has 0 aliphatic carbocycles. The van der Waals surface area contributed by atoms with Gasteiger partial charge in [0.15, 0.2) is 0 Å². The number of benzene rings is 4. The van der Waals surface area contributed by atoms with Crippen LogP contribution in [0, 0.1) is 11.2 Å². The van der Waals surface area contributed by atoms with E-state index in [-0.39, 0.29) is 25.0 Å². The SMILES string of the molecule is CCN(c1cc2oc(-c3ccc(Oc4cccc(F)c4)cc3)c(C(=O)NC)c2cc1-c1cccc(C(=O)NCC(C)(C)CO)c1)S(C)=O. The van der Waals surface area contributed by atoms with E-state index in [1.165, 1.54) is 19.2 Å². The number of carbonyl (C=O) groups excluding carboxylic acids is 2. The lowest BCUT2D eigenvalue weighted by atomic mass is 9.94. The number of hydrogen-bond acceptors (Lipinski definition) is 6. The van der Waals surface area contributed by atoms with Gasteiger partial charge in [-0.3, -0.25) is 13.9 Å². The molecule has 2 amide bonds. The van der Waals surface area contributed by atoms with Crippen molar-refractivity contribution in [3.8, 4) is 33.9 Å². The zero-order valence-electron chi connectivity index (χ0n) is 27.4. The Morgan fingerprint density at radius 1 is 0.958 bits per heavy atom. The highest BCUT2D eigenvalue weighted by Gasteiger charge is 2.26. The van der Waals surface area contributed by atoms with Gasteiger partial charge in [-0.1, -0.05) is 32.0 Å². The second kappa shape index (κ2) is 14.4. The van der Waals surface area contributed by atoms with Crippen molar-refractivity contribution in [2.24, 2.45) is 5.41 Å². The van der Waals surface area contributed by atoms with Crippen molar-refractivity contribution in [1.29, 1.82) is 0 Å².